The minimum Gasteiger partial charge on any atom is -0.493 e. The molecule has 0 spiro atoms. The van der Waals surface area contributed by atoms with Crippen molar-refractivity contribution in [3.8, 4) is 11.5 Å². The second-order valence-corrected chi connectivity index (χ2v) is 9.05. The lowest BCUT2D eigenvalue weighted by molar-refractivity contribution is -0.134. The average Bonchev–Trinajstić information content (AvgIpc) is 2.79. The molecule has 6 nitrogen and oxygen atoms in total. The van der Waals surface area contributed by atoms with Gasteiger partial charge in [-0.1, -0.05) is 39.8 Å². The second-order valence-electron chi connectivity index (χ2n) is 9.05. The number of amides is 1. The highest BCUT2D eigenvalue weighted by atomic mass is 16.5. The normalized spacial score (nSPS) is 16.8. The van der Waals surface area contributed by atoms with Crippen molar-refractivity contribution in [1.29, 1.82) is 0 Å². The summed E-state index contributed by atoms with van der Waals surface area (Å²) < 4.78 is 58.9. The van der Waals surface area contributed by atoms with Gasteiger partial charge >= 0.3 is 0 Å². The zero-order chi connectivity index (χ0) is 30.0. The van der Waals surface area contributed by atoms with E-state index in [1.807, 2.05) is 39.8 Å². The van der Waals surface area contributed by atoms with Crippen LogP contribution in [0.3, 0.4) is 0 Å². The van der Waals surface area contributed by atoms with E-state index in [0.717, 1.165) is 0 Å². The van der Waals surface area contributed by atoms with Crippen LogP contribution in [0, 0.1) is 23.7 Å². The van der Waals surface area contributed by atoms with Gasteiger partial charge < -0.3 is 19.1 Å². The van der Waals surface area contributed by atoms with Crippen molar-refractivity contribution >= 4 is 11.7 Å². The van der Waals surface area contributed by atoms with Crippen LogP contribution in [0.1, 0.15) is 65.5 Å². The van der Waals surface area contributed by atoms with Crippen molar-refractivity contribution in [1.82, 2.24) is 4.90 Å². The fourth-order valence-electron chi connectivity index (χ4n) is 3.54. The molecule has 6 heteroatoms. The zero-order valence-electron chi connectivity index (χ0n) is 26.7. The number of ether oxygens (including phenoxy) is 3. The number of carbonyl (C=O) groups excluding carboxylic acids is 2. The predicted molar refractivity (Wildman–Crippen MR) is 133 cm³/mol. The first-order valence-electron chi connectivity index (χ1n) is 14.4. The molecule has 0 N–H and O–H groups in total. The molecule has 0 fully saturated rings. The van der Waals surface area contributed by atoms with Crippen molar-refractivity contribution in [2.75, 3.05) is 41.4 Å². The van der Waals surface area contributed by atoms with E-state index in [2.05, 4.69) is 0 Å². The van der Waals surface area contributed by atoms with Gasteiger partial charge in [-0.3, -0.25) is 9.59 Å². The Hall–Kier alpha value is -2.34. The van der Waals surface area contributed by atoms with Crippen LogP contribution in [-0.2, 0) is 9.53 Å². The van der Waals surface area contributed by atoms with Gasteiger partial charge in [0.15, 0.2) is 17.3 Å². The molecule has 1 aromatic rings. The third-order valence-corrected chi connectivity index (χ3v) is 5.64. The quantitative estimate of drug-likeness (QED) is 0.200. The molecule has 1 rings (SSSR count). The standard InChI is InChI=1S/C27H43NO5/c1-19(2)22(12-9-10-13-23(20(3)4)27(30)28(5)6)26(29)21-14-15-24(32-8)25(18-21)33-17-11-16-31-7/h9-10,14-15,18-20,22-23H,11-13,16-17H2,1-8H3/t22-,23-/m0/s1/i7D3,8D3. The molecule has 1 amide bonds. The van der Waals surface area contributed by atoms with Crippen molar-refractivity contribution in [3.05, 3.63) is 35.9 Å². The van der Waals surface area contributed by atoms with Crippen LogP contribution in [0.15, 0.2) is 30.4 Å². The number of carbonyl (C=O) groups is 2. The lowest BCUT2D eigenvalue weighted by Gasteiger charge is -2.22. The summed E-state index contributed by atoms with van der Waals surface area (Å²) in [7, 11) is -1.75. The zero-order valence-corrected chi connectivity index (χ0v) is 20.7. The van der Waals surface area contributed by atoms with E-state index in [1.165, 1.54) is 18.2 Å². The van der Waals surface area contributed by atoms with Crippen LogP contribution in [0.2, 0.25) is 0 Å². The number of allylic oxidation sites excluding steroid dienone is 2. The minimum atomic E-state index is -2.72. The summed E-state index contributed by atoms with van der Waals surface area (Å²) in [6.07, 6.45) is 5.19. The SMILES string of the molecule is [2H]C([2H])([2H])OCCCOc1cc(C(=O)[C@@H](CC=CC[C@H](C(=O)N(C)C)C(C)C)C(C)C)ccc1OC([2H])([2H])[2H]. The summed E-state index contributed by atoms with van der Waals surface area (Å²) in [6.45, 7) is 7.89. The van der Waals surface area contributed by atoms with E-state index in [1.54, 1.807) is 19.0 Å². The number of ketones is 1. The van der Waals surface area contributed by atoms with E-state index in [-0.39, 0.29) is 66.5 Å². The summed E-state index contributed by atoms with van der Waals surface area (Å²) in [5, 5.41) is 0. The molecular formula is C27H43NO5. The van der Waals surface area contributed by atoms with Gasteiger partial charge in [0.05, 0.1) is 21.9 Å². The highest BCUT2D eigenvalue weighted by Crippen LogP contribution is 2.31. The third-order valence-electron chi connectivity index (χ3n) is 5.64. The molecular weight excluding hydrogens is 418 g/mol. The van der Waals surface area contributed by atoms with Gasteiger partial charge in [0.1, 0.15) is 0 Å². The highest BCUT2D eigenvalue weighted by Gasteiger charge is 2.25. The molecule has 0 saturated heterocycles. The van der Waals surface area contributed by atoms with Gasteiger partial charge in [0.25, 0.3) is 0 Å². The second kappa shape index (κ2) is 14.7. The Morgan fingerprint density at radius 1 is 0.970 bits per heavy atom. The molecule has 0 heterocycles. The Labute approximate surface area is 208 Å². The molecule has 0 aliphatic rings. The van der Waals surface area contributed by atoms with Crippen LogP contribution in [0.5, 0.6) is 11.5 Å². The fourth-order valence-corrected chi connectivity index (χ4v) is 3.54. The summed E-state index contributed by atoms with van der Waals surface area (Å²) >= 11 is 0. The monoisotopic (exact) mass is 467 g/mol. The van der Waals surface area contributed by atoms with E-state index < -0.39 is 14.1 Å². The lowest BCUT2D eigenvalue weighted by Crippen LogP contribution is -2.32. The molecule has 1 aromatic carbocycles. The molecule has 0 aliphatic carbocycles. The van der Waals surface area contributed by atoms with E-state index in [4.69, 9.17) is 22.4 Å². The third kappa shape index (κ3) is 9.20. The number of methoxy groups -OCH3 is 2. The maximum absolute atomic E-state index is 13.5. The van der Waals surface area contributed by atoms with Crippen molar-refractivity contribution in [2.45, 2.75) is 47.0 Å². The number of benzene rings is 1. The van der Waals surface area contributed by atoms with Gasteiger partial charge in [0, 0.05) is 51.6 Å². The van der Waals surface area contributed by atoms with E-state index in [0.29, 0.717) is 18.4 Å². The highest BCUT2D eigenvalue weighted by molar-refractivity contribution is 5.98. The molecule has 186 valence electrons. The van der Waals surface area contributed by atoms with Gasteiger partial charge in [-0.25, -0.2) is 0 Å². The molecule has 0 saturated carbocycles. The number of hydrogen-bond acceptors (Lipinski definition) is 5. The number of hydrogen-bond donors (Lipinski definition) is 0. The molecule has 33 heavy (non-hydrogen) atoms. The average molecular weight is 468 g/mol. The van der Waals surface area contributed by atoms with Gasteiger partial charge in [0.2, 0.25) is 5.91 Å². The van der Waals surface area contributed by atoms with Crippen LogP contribution in [-0.4, -0.2) is 58.0 Å². The smallest absolute Gasteiger partial charge is 0.225 e. The lowest BCUT2D eigenvalue weighted by atomic mass is 9.84. The first kappa shape index (κ1) is 20.1. The Kier molecular flexibility index (Phi) is 8.96. The molecule has 0 aromatic heterocycles. The first-order valence-corrected chi connectivity index (χ1v) is 11.4. The summed E-state index contributed by atoms with van der Waals surface area (Å²) in [5.74, 6) is -0.315. The maximum atomic E-state index is 13.5. The molecule has 0 unspecified atom stereocenters. The maximum Gasteiger partial charge on any atom is 0.225 e. The topological polar surface area (TPSA) is 65.1 Å². The molecule has 0 aliphatic heterocycles. The van der Waals surface area contributed by atoms with E-state index >= 15 is 0 Å². The Morgan fingerprint density at radius 2 is 1.64 bits per heavy atom. The minimum absolute atomic E-state index is 0.0196. The number of nitrogens with zero attached hydrogens (tertiary/aromatic N) is 1. The Bertz CT molecular complexity index is 957. The fraction of sp³-hybridized carbons (Fsp3) is 0.630. The van der Waals surface area contributed by atoms with Gasteiger partial charge in [-0.05, 0) is 42.9 Å². The summed E-state index contributed by atoms with van der Waals surface area (Å²) in [5.41, 5.74) is 0.344. The van der Waals surface area contributed by atoms with Crippen LogP contribution in [0.25, 0.3) is 0 Å². The number of rotatable bonds is 15. The molecule has 2 atom stereocenters. The van der Waals surface area contributed by atoms with Gasteiger partial charge in [-0.15, -0.1) is 0 Å². The summed E-state index contributed by atoms with van der Waals surface area (Å²) in [6, 6.07) is 4.36. The van der Waals surface area contributed by atoms with Crippen molar-refractivity contribution in [3.63, 3.8) is 0 Å². The Balaban J connectivity index is 3.04. The van der Waals surface area contributed by atoms with Crippen LogP contribution >= 0.6 is 0 Å². The molecule has 0 bridgehead atoms. The largest absolute Gasteiger partial charge is 0.493 e. The molecule has 0 radical (unpaired) electrons. The van der Waals surface area contributed by atoms with Crippen molar-refractivity contribution in [2.24, 2.45) is 23.7 Å². The van der Waals surface area contributed by atoms with Crippen molar-refractivity contribution < 1.29 is 32.0 Å². The van der Waals surface area contributed by atoms with Crippen LogP contribution < -0.4 is 9.47 Å². The summed E-state index contributed by atoms with van der Waals surface area (Å²) in [4.78, 5) is 27.5. The first-order chi connectivity index (χ1) is 17.9. The van der Waals surface area contributed by atoms with Gasteiger partial charge in [-0.2, -0.15) is 0 Å². The van der Waals surface area contributed by atoms with E-state index in [9.17, 15) is 9.59 Å². The predicted octanol–water partition coefficient (Wildman–Crippen LogP) is 5.26. The van der Waals surface area contributed by atoms with Crippen LogP contribution in [0.4, 0.5) is 0 Å². The Morgan fingerprint density at radius 3 is 2.21 bits per heavy atom. The number of Topliss-reactive ketones (excluding diaryl/α,β-unsaturated/α-hetero) is 1.